The van der Waals surface area contributed by atoms with Crippen molar-refractivity contribution in [1.29, 1.82) is 0 Å². The van der Waals surface area contributed by atoms with Gasteiger partial charge in [-0.1, -0.05) is 18.2 Å². The zero-order valence-electron chi connectivity index (χ0n) is 12.4. The Morgan fingerprint density at radius 1 is 1.30 bits per heavy atom. The largest absolute Gasteiger partial charge is 0.393 e. The number of hydrogen-bond acceptors (Lipinski definition) is 3. The van der Waals surface area contributed by atoms with Gasteiger partial charge in [0.05, 0.1) is 17.3 Å². The summed E-state index contributed by atoms with van der Waals surface area (Å²) in [5.74, 6) is 0.377. The highest BCUT2D eigenvalue weighted by Crippen LogP contribution is 2.35. The van der Waals surface area contributed by atoms with Crippen LogP contribution in [0.2, 0.25) is 0 Å². The van der Waals surface area contributed by atoms with E-state index in [2.05, 4.69) is 41.9 Å². The van der Waals surface area contributed by atoms with Crippen LogP contribution in [0.15, 0.2) is 24.3 Å². The van der Waals surface area contributed by atoms with Gasteiger partial charge >= 0.3 is 0 Å². The quantitative estimate of drug-likeness (QED) is 0.911. The molecule has 1 aliphatic rings. The van der Waals surface area contributed by atoms with Crippen LogP contribution >= 0.6 is 0 Å². The third-order valence-electron chi connectivity index (χ3n) is 4.57. The molecule has 0 aliphatic carbocycles. The van der Waals surface area contributed by atoms with Gasteiger partial charge in [0, 0.05) is 30.1 Å². The second-order valence-electron chi connectivity index (χ2n) is 5.92. The van der Waals surface area contributed by atoms with Gasteiger partial charge in [-0.3, -0.25) is 4.98 Å². The van der Waals surface area contributed by atoms with Crippen molar-refractivity contribution in [3.63, 3.8) is 0 Å². The van der Waals surface area contributed by atoms with Crippen molar-refractivity contribution >= 4 is 16.6 Å². The number of aryl methyl sites for hydroxylation is 1. The number of benzene rings is 1. The van der Waals surface area contributed by atoms with Crippen LogP contribution in [0.5, 0.6) is 0 Å². The molecule has 2 aromatic rings. The molecule has 1 N–H and O–H groups in total. The number of pyridine rings is 1. The van der Waals surface area contributed by atoms with Crippen LogP contribution in [-0.2, 0) is 0 Å². The van der Waals surface area contributed by atoms with Gasteiger partial charge in [0.1, 0.15) is 0 Å². The van der Waals surface area contributed by atoms with Crippen molar-refractivity contribution in [3.8, 4) is 0 Å². The molecule has 1 aromatic heterocycles. The summed E-state index contributed by atoms with van der Waals surface area (Å²) in [5, 5.41) is 11.0. The van der Waals surface area contributed by atoms with E-state index in [4.69, 9.17) is 0 Å². The number of nitrogens with zero attached hydrogens (tertiary/aromatic N) is 2. The van der Waals surface area contributed by atoms with Gasteiger partial charge in [-0.25, -0.2) is 0 Å². The number of fused-ring (bicyclic) bond motifs is 1. The van der Waals surface area contributed by atoms with E-state index in [1.54, 1.807) is 0 Å². The zero-order chi connectivity index (χ0) is 14.3. The highest BCUT2D eigenvalue weighted by Gasteiger charge is 2.28. The van der Waals surface area contributed by atoms with Gasteiger partial charge < -0.3 is 10.0 Å². The first-order valence-corrected chi connectivity index (χ1v) is 7.37. The number of rotatable bonds is 2. The van der Waals surface area contributed by atoms with Crippen molar-refractivity contribution in [2.24, 2.45) is 5.92 Å². The number of anilines is 1. The van der Waals surface area contributed by atoms with Gasteiger partial charge in [-0.05, 0) is 38.8 Å². The Hall–Kier alpha value is -1.61. The van der Waals surface area contributed by atoms with E-state index in [1.807, 2.05) is 13.0 Å². The van der Waals surface area contributed by atoms with Gasteiger partial charge in [0.15, 0.2) is 0 Å². The molecule has 2 unspecified atom stereocenters. The van der Waals surface area contributed by atoms with E-state index in [1.165, 1.54) is 16.6 Å². The van der Waals surface area contributed by atoms with Crippen LogP contribution in [0.4, 0.5) is 5.69 Å². The monoisotopic (exact) mass is 270 g/mol. The van der Waals surface area contributed by atoms with Crippen LogP contribution in [0.3, 0.4) is 0 Å². The molecule has 0 amide bonds. The molecule has 3 heteroatoms. The first-order chi connectivity index (χ1) is 9.58. The minimum absolute atomic E-state index is 0.227. The Morgan fingerprint density at radius 2 is 2.05 bits per heavy atom. The predicted octanol–water partition coefficient (Wildman–Crippen LogP) is 3.06. The topological polar surface area (TPSA) is 36.4 Å². The van der Waals surface area contributed by atoms with Crippen molar-refractivity contribution in [2.75, 3.05) is 18.0 Å². The van der Waals surface area contributed by atoms with Crippen molar-refractivity contribution < 1.29 is 5.11 Å². The molecule has 2 heterocycles. The molecule has 1 saturated heterocycles. The van der Waals surface area contributed by atoms with Gasteiger partial charge in [-0.2, -0.15) is 0 Å². The van der Waals surface area contributed by atoms with Gasteiger partial charge in [-0.15, -0.1) is 0 Å². The lowest BCUT2D eigenvalue weighted by molar-refractivity contribution is 0.136. The highest BCUT2D eigenvalue weighted by atomic mass is 16.3. The molecule has 3 rings (SSSR count). The van der Waals surface area contributed by atoms with E-state index in [-0.39, 0.29) is 6.10 Å². The molecular formula is C17H22N2O. The minimum Gasteiger partial charge on any atom is -0.393 e. The maximum atomic E-state index is 9.81. The van der Waals surface area contributed by atoms with Crippen LogP contribution in [0.25, 0.3) is 10.9 Å². The highest BCUT2D eigenvalue weighted by molar-refractivity contribution is 5.94. The Morgan fingerprint density at radius 3 is 2.75 bits per heavy atom. The number of aromatic nitrogens is 1. The number of aliphatic hydroxyl groups excluding tert-OH is 1. The zero-order valence-corrected chi connectivity index (χ0v) is 12.4. The number of aliphatic hydroxyl groups is 1. The first-order valence-electron chi connectivity index (χ1n) is 7.37. The Bertz CT molecular complexity index is 636. The fourth-order valence-corrected chi connectivity index (χ4v) is 3.20. The van der Waals surface area contributed by atoms with E-state index < -0.39 is 0 Å². The average Bonchev–Trinajstić information content (AvgIpc) is 2.90. The summed E-state index contributed by atoms with van der Waals surface area (Å²) in [4.78, 5) is 7.11. The SMILES string of the molecule is Cc1nc2ccccc2c(N2CCC(C(C)O)C2)c1C. The molecule has 0 spiro atoms. The Balaban J connectivity index is 2.09. The molecule has 20 heavy (non-hydrogen) atoms. The van der Waals surface area contributed by atoms with Crippen LogP contribution in [0.1, 0.15) is 24.6 Å². The van der Waals surface area contributed by atoms with Crippen molar-refractivity contribution in [1.82, 2.24) is 4.98 Å². The lowest BCUT2D eigenvalue weighted by Crippen LogP contribution is -2.25. The smallest absolute Gasteiger partial charge is 0.0726 e. The average molecular weight is 270 g/mol. The molecule has 0 radical (unpaired) electrons. The minimum atomic E-state index is -0.227. The number of para-hydroxylation sites is 1. The molecule has 1 aliphatic heterocycles. The lowest BCUT2D eigenvalue weighted by Gasteiger charge is -2.24. The second-order valence-corrected chi connectivity index (χ2v) is 5.92. The van der Waals surface area contributed by atoms with Crippen LogP contribution in [0, 0.1) is 19.8 Å². The fraction of sp³-hybridized carbons (Fsp3) is 0.471. The normalized spacial score (nSPS) is 20.6. The van der Waals surface area contributed by atoms with Gasteiger partial charge in [0.25, 0.3) is 0 Å². The van der Waals surface area contributed by atoms with Crippen molar-refractivity contribution in [3.05, 3.63) is 35.5 Å². The second kappa shape index (κ2) is 5.06. The first kappa shape index (κ1) is 13.4. The summed E-state index contributed by atoms with van der Waals surface area (Å²) in [6.07, 6.45) is 0.835. The van der Waals surface area contributed by atoms with Crippen molar-refractivity contribution in [2.45, 2.75) is 33.3 Å². The molecule has 1 fully saturated rings. The summed E-state index contributed by atoms with van der Waals surface area (Å²) in [7, 11) is 0. The summed E-state index contributed by atoms with van der Waals surface area (Å²) in [6.45, 7) is 8.08. The molecule has 0 bridgehead atoms. The summed E-state index contributed by atoms with van der Waals surface area (Å²) in [6, 6.07) is 8.34. The molecule has 2 atom stereocenters. The molecule has 1 aromatic carbocycles. The predicted molar refractivity (Wildman–Crippen MR) is 83.2 cm³/mol. The summed E-state index contributed by atoms with van der Waals surface area (Å²) in [5.41, 5.74) is 4.72. The summed E-state index contributed by atoms with van der Waals surface area (Å²) >= 11 is 0. The molecule has 0 saturated carbocycles. The lowest BCUT2D eigenvalue weighted by atomic mass is 10.0. The molecule has 3 nitrogen and oxygen atoms in total. The third-order valence-corrected chi connectivity index (χ3v) is 4.57. The molecular weight excluding hydrogens is 248 g/mol. The Labute approximate surface area is 120 Å². The maximum absolute atomic E-state index is 9.81. The van der Waals surface area contributed by atoms with Crippen LogP contribution < -0.4 is 4.90 Å². The molecule has 106 valence electrons. The fourth-order valence-electron chi connectivity index (χ4n) is 3.20. The third kappa shape index (κ3) is 2.16. The summed E-state index contributed by atoms with van der Waals surface area (Å²) < 4.78 is 0. The Kier molecular flexibility index (Phi) is 3.38. The maximum Gasteiger partial charge on any atom is 0.0726 e. The van der Waals surface area contributed by atoms with E-state index in [0.29, 0.717) is 5.92 Å². The van der Waals surface area contributed by atoms with Gasteiger partial charge in [0.2, 0.25) is 0 Å². The number of hydrogen-bond donors (Lipinski definition) is 1. The van der Waals surface area contributed by atoms with E-state index in [9.17, 15) is 5.11 Å². The standard InChI is InChI=1S/C17H22N2O/c1-11-12(2)18-16-7-5-4-6-15(16)17(11)19-9-8-14(10-19)13(3)20/h4-7,13-14,20H,8-10H2,1-3H3. The van der Waals surface area contributed by atoms with E-state index in [0.717, 1.165) is 30.7 Å². The van der Waals surface area contributed by atoms with Crippen LogP contribution in [-0.4, -0.2) is 29.3 Å². The van der Waals surface area contributed by atoms with E-state index >= 15 is 0 Å².